The van der Waals surface area contributed by atoms with Crippen LogP contribution in [0.15, 0.2) is 18.2 Å². The van der Waals surface area contributed by atoms with E-state index >= 15 is 0 Å². The van der Waals surface area contributed by atoms with E-state index in [2.05, 4.69) is 0 Å². The Bertz CT molecular complexity index is 619. The smallest absolute Gasteiger partial charge is 0.232 e. The Morgan fingerprint density at radius 2 is 1.50 bits per heavy atom. The fourth-order valence-electron chi connectivity index (χ4n) is 2.97. The highest BCUT2D eigenvalue weighted by Crippen LogP contribution is 2.34. The number of benzene rings is 1. The molecule has 6 heteroatoms. The maximum atomic E-state index is 13.0. The van der Waals surface area contributed by atoms with Crippen molar-refractivity contribution in [1.29, 1.82) is 0 Å². The summed E-state index contributed by atoms with van der Waals surface area (Å²) in [6.45, 7) is 7.68. The van der Waals surface area contributed by atoms with Crippen molar-refractivity contribution in [3.05, 3.63) is 23.8 Å². The molecule has 2 amide bonds. The van der Waals surface area contributed by atoms with Crippen LogP contribution in [0, 0.1) is 0 Å². The Balaban J connectivity index is 2.17. The van der Waals surface area contributed by atoms with E-state index in [-0.39, 0.29) is 11.8 Å². The predicted octanol–water partition coefficient (Wildman–Crippen LogP) is 1.67. The number of carbonyl (C=O) groups is 2. The predicted molar refractivity (Wildman–Crippen MR) is 91.4 cm³/mol. The number of carbonyl (C=O) groups excluding carboxylic acids is 2. The number of amides is 2. The highest BCUT2D eigenvalue weighted by molar-refractivity contribution is 5.88. The molecule has 0 unspecified atom stereocenters. The van der Waals surface area contributed by atoms with Gasteiger partial charge in [-0.05, 0) is 31.5 Å². The molecule has 0 N–H and O–H groups in total. The molecular formula is C18H26N2O4. The maximum Gasteiger partial charge on any atom is 0.232 e. The zero-order valence-corrected chi connectivity index (χ0v) is 15.1. The molecule has 0 spiro atoms. The maximum absolute atomic E-state index is 13.0. The van der Waals surface area contributed by atoms with Gasteiger partial charge in [-0.3, -0.25) is 9.59 Å². The molecule has 1 aromatic carbocycles. The van der Waals surface area contributed by atoms with Gasteiger partial charge in [0.2, 0.25) is 11.8 Å². The summed E-state index contributed by atoms with van der Waals surface area (Å²) in [6, 6.07) is 5.56. The number of nitrogens with zero attached hydrogens (tertiary/aromatic N) is 2. The lowest BCUT2D eigenvalue weighted by Crippen LogP contribution is -2.54. The molecule has 1 saturated heterocycles. The van der Waals surface area contributed by atoms with Crippen LogP contribution in [0.3, 0.4) is 0 Å². The fourth-order valence-corrected chi connectivity index (χ4v) is 2.97. The minimum Gasteiger partial charge on any atom is -0.493 e. The summed E-state index contributed by atoms with van der Waals surface area (Å²) >= 11 is 0. The van der Waals surface area contributed by atoms with Crippen molar-refractivity contribution in [2.24, 2.45) is 0 Å². The first-order valence-electron chi connectivity index (χ1n) is 8.08. The van der Waals surface area contributed by atoms with E-state index < -0.39 is 5.41 Å². The molecule has 1 aromatic rings. The molecule has 1 heterocycles. The SMILES string of the molecule is COc1ccc(C(C)(C)C(=O)N2CCN(C(C)=O)CC2)cc1OC. The number of hydrogen-bond acceptors (Lipinski definition) is 4. The third-order valence-corrected chi connectivity index (χ3v) is 4.65. The van der Waals surface area contributed by atoms with Crippen LogP contribution in [0.25, 0.3) is 0 Å². The monoisotopic (exact) mass is 334 g/mol. The normalized spacial score (nSPS) is 15.2. The summed E-state index contributed by atoms with van der Waals surface area (Å²) in [7, 11) is 3.17. The summed E-state index contributed by atoms with van der Waals surface area (Å²) < 4.78 is 10.6. The Morgan fingerprint density at radius 1 is 0.958 bits per heavy atom. The van der Waals surface area contributed by atoms with Gasteiger partial charge < -0.3 is 19.3 Å². The summed E-state index contributed by atoms with van der Waals surface area (Å²) in [5.41, 5.74) is 0.192. The number of rotatable bonds is 4. The zero-order valence-electron chi connectivity index (χ0n) is 15.1. The van der Waals surface area contributed by atoms with Crippen LogP contribution >= 0.6 is 0 Å². The van der Waals surface area contributed by atoms with Crippen LogP contribution in [-0.4, -0.2) is 62.0 Å². The van der Waals surface area contributed by atoms with E-state index in [1.165, 1.54) is 0 Å². The second kappa shape index (κ2) is 7.11. The average Bonchev–Trinajstić information content (AvgIpc) is 2.60. The van der Waals surface area contributed by atoms with Crippen LogP contribution in [-0.2, 0) is 15.0 Å². The Morgan fingerprint density at radius 3 is 2.00 bits per heavy atom. The molecule has 0 saturated carbocycles. The molecule has 0 bridgehead atoms. The molecular weight excluding hydrogens is 308 g/mol. The van der Waals surface area contributed by atoms with Crippen molar-refractivity contribution < 1.29 is 19.1 Å². The van der Waals surface area contributed by atoms with Gasteiger partial charge in [0.15, 0.2) is 11.5 Å². The fraction of sp³-hybridized carbons (Fsp3) is 0.556. The van der Waals surface area contributed by atoms with Crippen molar-refractivity contribution in [2.75, 3.05) is 40.4 Å². The summed E-state index contributed by atoms with van der Waals surface area (Å²) in [5.74, 6) is 1.36. The molecule has 24 heavy (non-hydrogen) atoms. The van der Waals surface area contributed by atoms with Crippen molar-refractivity contribution in [3.8, 4) is 11.5 Å². The van der Waals surface area contributed by atoms with Crippen molar-refractivity contribution >= 4 is 11.8 Å². The molecule has 6 nitrogen and oxygen atoms in total. The Kier molecular flexibility index (Phi) is 5.36. The molecule has 1 fully saturated rings. The van der Waals surface area contributed by atoms with E-state index in [9.17, 15) is 9.59 Å². The molecule has 0 aliphatic carbocycles. The quantitative estimate of drug-likeness (QED) is 0.840. The number of hydrogen-bond donors (Lipinski definition) is 0. The van der Waals surface area contributed by atoms with E-state index in [1.54, 1.807) is 26.0 Å². The second-order valence-corrected chi connectivity index (χ2v) is 6.49. The molecule has 0 radical (unpaired) electrons. The first-order valence-corrected chi connectivity index (χ1v) is 8.08. The van der Waals surface area contributed by atoms with Crippen LogP contribution in [0.4, 0.5) is 0 Å². The van der Waals surface area contributed by atoms with E-state index in [0.717, 1.165) is 5.56 Å². The molecule has 1 aliphatic heterocycles. The lowest BCUT2D eigenvalue weighted by atomic mass is 9.82. The molecule has 2 rings (SSSR count). The second-order valence-electron chi connectivity index (χ2n) is 6.49. The third kappa shape index (κ3) is 3.47. The molecule has 0 aromatic heterocycles. The number of ether oxygens (including phenoxy) is 2. The van der Waals surface area contributed by atoms with Crippen LogP contribution in [0.2, 0.25) is 0 Å². The van der Waals surface area contributed by atoms with Crippen LogP contribution in [0.5, 0.6) is 11.5 Å². The number of piperazine rings is 1. The van der Waals surface area contributed by atoms with Gasteiger partial charge in [-0.1, -0.05) is 6.07 Å². The van der Waals surface area contributed by atoms with Crippen LogP contribution in [0.1, 0.15) is 26.3 Å². The standard InChI is InChI=1S/C18H26N2O4/c1-13(21)19-8-10-20(11-9-19)17(22)18(2,3)14-6-7-15(23-4)16(12-14)24-5/h6-7,12H,8-11H2,1-5H3. The Labute approximate surface area is 143 Å². The minimum atomic E-state index is -0.683. The molecule has 1 aliphatic rings. The van der Waals surface area contributed by atoms with Crippen molar-refractivity contribution in [1.82, 2.24) is 9.80 Å². The minimum absolute atomic E-state index is 0.0536. The summed E-state index contributed by atoms with van der Waals surface area (Å²) in [4.78, 5) is 28.0. The zero-order chi connectivity index (χ0) is 17.9. The van der Waals surface area contributed by atoms with Gasteiger partial charge in [0, 0.05) is 33.1 Å². The lowest BCUT2D eigenvalue weighted by Gasteiger charge is -2.38. The highest BCUT2D eigenvalue weighted by atomic mass is 16.5. The van der Waals surface area contributed by atoms with Gasteiger partial charge in [0.05, 0.1) is 19.6 Å². The third-order valence-electron chi connectivity index (χ3n) is 4.65. The summed E-state index contributed by atoms with van der Waals surface area (Å²) in [5, 5.41) is 0. The largest absolute Gasteiger partial charge is 0.493 e. The molecule has 0 atom stereocenters. The first kappa shape index (κ1) is 18.1. The average molecular weight is 334 g/mol. The van der Waals surface area contributed by atoms with Gasteiger partial charge in [0.25, 0.3) is 0 Å². The van der Waals surface area contributed by atoms with Crippen LogP contribution < -0.4 is 9.47 Å². The first-order chi connectivity index (χ1) is 11.3. The van der Waals surface area contributed by atoms with Gasteiger partial charge in [0.1, 0.15) is 0 Å². The van der Waals surface area contributed by atoms with Gasteiger partial charge in [-0.15, -0.1) is 0 Å². The van der Waals surface area contributed by atoms with Crippen molar-refractivity contribution in [3.63, 3.8) is 0 Å². The van der Waals surface area contributed by atoms with Gasteiger partial charge in [-0.25, -0.2) is 0 Å². The molecule has 132 valence electrons. The van der Waals surface area contributed by atoms with E-state index in [1.807, 2.05) is 36.9 Å². The highest BCUT2D eigenvalue weighted by Gasteiger charge is 2.36. The van der Waals surface area contributed by atoms with E-state index in [0.29, 0.717) is 37.7 Å². The summed E-state index contributed by atoms with van der Waals surface area (Å²) in [6.07, 6.45) is 0. The van der Waals surface area contributed by atoms with Gasteiger partial charge in [-0.2, -0.15) is 0 Å². The van der Waals surface area contributed by atoms with Gasteiger partial charge >= 0.3 is 0 Å². The van der Waals surface area contributed by atoms with E-state index in [4.69, 9.17) is 9.47 Å². The van der Waals surface area contributed by atoms with Crippen molar-refractivity contribution in [2.45, 2.75) is 26.2 Å². The lowest BCUT2D eigenvalue weighted by molar-refractivity contribution is -0.141. The Hall–Kier alpha value is -2.24. The topological polar surface area (TPSA) is 59.1 Å². The number of methoxy groups -OCH3 is 2.